The molecule has 1 aromatic carbocycles. The lowest BCUT2D eigenvalue weighted by Gasteiger charge is -2.02. The number of Topliss-reactive ketones (excluding diaryl/α,β-unsaturated/α-hetero) is 1. The van der Waals surface area contributed by atoms with Crippen molar-refractivity contribution in [3.8, 4) is 0 Å². The Labute approximate surface area is 127 Å². The lowest BCUT2D eigenvalue weighted by molar-refractivity contribution is 0.102. The number of rotatable bonds is 4. The van der Waals surface area contributed by atoms with Crippen LogP contribution in [-0.2, 0) is 0 Å². The second-order valence-corrected chi connectivity index (χ2v) is 5.88. The van der Waals surface area contributed by atoms with Crippen molar-refractivity contribution in [1.82, 2.24) is 19.9 Å². The predicted octanol–water partition coefficient (Wildman–Crippen LogP) is 3.09. The molecule has 0 unspecified atom stereocenters. The van der Waals surface area contributed by atoms with Gasteiger partial charge >= 0.3 is 0 Å². The minimum Gasteiger partial charge on any atom is -0.341 e. The number of imidazole rings is 1. The van der Waals surface area contributed by atoms with Crippen molar-refractivity contribution in [2.24, 2.45) is 0 Å². The third-order valence-corrected chi connectivity index (χ3v) is 4.21. The summed E-state index contributed by atoms with van der Waals surface area (Å²) in [5.41, 5.74) is 2.07. The monoisotopic (exact) mass is 348 g/mol. The molecule has 0 spiro atoms. The lowest BCUT2D eigenvalue weighted by atomic mass is 10.2. The summed E-state index contributed by atoms with van der Waals surface area (Å²) < 4.78 is 0.955. The van der Waals surface area contributed by atoms with E-state index in [-0.39, 0.29) is 5.78 Å². The number of H-pyrrole nitrogens is 1. The molecule has 0 bridgehead atoms. The number of hydrogen-bond donors (Lipinski definition) is 1. The Morgan fingerprint density at radius 3 is 2.80 bits per heavy atom. The van der Waals surface area contributed by atoms with Crippen LogP contribution in [0.2, 0.25) is 0 Å². The van der Waals surface area contributed by atoms with Gasteiger partial charge < -0.3 is 4.98 Å². The largest absolute Gasteiger partial charge is 0.341 e. The second kappa shape index (κ2) is 5.72. The van der Waals surface area contributed by atoms with E-state index in [9.17, 15) is 4.79 Å². The molecule has 0 aliphatic rings. The highest BCUT2D eigenvalue weighted by molar-refractivity contribution is 9.10. The number of fused-ring (bicyclic) bond motifs is 1. The Morgan fingerprint density at radius 1 is 1.20 bits per heavy atom. The number of halogens is 1. The minimum absolute atomic E-state index is 0.0637. The molecule has 5 nitrogen and oxygen atoms in total. The molecular weight excluding hydrogens is 340 g/mol. The summed E-state index contributed by atoms with van der Waals surface area (Å²) in [5, 5.41) is 0.734. The number of nitrogens with zero attached hydrogens (tertiary/aromatic N) is 3. The van der Waals surface area contributed by atoms with E-state index >= 15 is 0 Å². The van der Waals surface area contributed by atoms with Crippen LogP contribution in [-0.4, -0.2) is 31.5 Å². The van der Waals surface area contributed by atoms with E-state index in [0.29, 0.717) is 17.0 Å². The maximum Gasteiger partial charge on any atom is 0.181 e. The SMILES string of the molecule is O=C(CSc1ncnc2nc[nH]c12)c1ccc(Br)cc1. The van der Waals surface area contributed by atoms with Gasteiger partial charge in [-0.2, -0.15) is 0 Å². The molecule has 3 rings (SSSR count). The normalized spacial score (nSPS) is 10.8. The molecular formula is C13H9BrN4OS. The maximum absolute atomic E-state index is 12.1. The van der Waals surface area contributed by atoms with E-state index in [2.05, 4.69) is 35.9 Å². The van der Waals surface area contributed by atoms with E-state index in [1.165, 1.54) is 18.1 Å². The smallest absolute Gasteiger partial charge is 0.181 e. The van der Waals surface area contributed by atoms with Gasteiger partial charge in [-0.05, 0) is 12.1 Å². The van der Waals surface area contributed by atoms with Crippen LogP contribution in [0.25, 0.3) is 11.2 Å². The molecule has 0 atom stereocenters. The van der Waals surface area contributed by atoms with E-state index in [1.807, 2.05) is 12.1 Å². The van der Waals surface area contributed by atoms with Crippen molar-refractivity contribution in [2.75, 3.05) is 5.75 Å². The second-order valence-electron chi connectivity index (χ2n) is 4.00. The number of aromatic amines is 1. The average molecular weight is 349 g/mol. The first-order chi connectivity index (χ1) is 9.74. The summed E-state index contributed by atoms with van der Waals surface area (Å²) in [6.07, 6.45) is 3.02. The molecule has 0 fully saturated rings. The van der Waals surface area contributed by atoms with Crippen LogP contribution in [0.1, 0.15) is 10.4 Å². The van der Waals surface area contributed by atoms with Gasteiger partial charge in [0, 0.05) is 10.0 Å². The third-order valence-electron chi connectivity index (χ3n) is 2.69. The average Bonchev–Trinajstić information content (AvgIpc) is 2.94. The van der Waals surface area contributed by atoms with Crippen LogP contribution in [0.15, 0.2) is 46.4 Å². The van der Waals surface area contributed by atoms with Gasteiger partial charge in [0.15, 0.2) is 11.4 Å². The molecule has 0 aliphatic heterocycles. The van der Waals surface area contributed by atoms with Gasteiger partial charge in [-0.3, -0.25) is 4.79 Å². The summed E-state index contributed by atoms with van der Waals surface area (Å²) >= 11 is 4.73. The highest BCUT2D eigenvalue weighted by Crippen LogP contribution is 2.23. The number of carbonyl (C=O) groups excluding carboxylic acids is 1. The van der Waals surface area contributed by atoms with Crippen LogP contribution >= 0.6 is 27.7 Å². The van der Waals surface area contributed by atoms with E-state index < -0.39 is 0 Å². The van der Waals surface area contributed by atoms with Gasteiger partial charge in [-0.25, -0.2) is 15.0 Å². The Balaban J connectivity index is 1.74. The number of hydrogen-bond acceptors (Lipinski definition) is 5. The van der Waals surface area contributed by atoms with Gasteiger partial charge in [0.25, 0.3) is 0 Å². The molecule has 0 aliphatic carbocycles. The van der Waals surface area contributed by atoms with Crippen molar-refractivity contribution in [3.63, 3.8) is 0 Å². The zero-order chi connectivity index (χ0) is 13.9. The molecule has 0 radical (unpaired) electrons. The summed E-state index contributed by atoms with van der Waals surface area (Å²) in [7, 11) is 0. The van der Waals surface area contributed by atoms with E-state index in [0.717, 1.165) is 15.0 Å². The number of nitrogens with one attached hydrogen (secondary N) is 1. The van der Waals surface area contributed by atoms with E-state index in [4.69, 9.17) is 0 Å². The molecule has 2 aromatic heterocycles. The molecule has 1 N–H and O–H groups in total. The van der Waals surface area contributed by atoms with Gasteiger partial charge in [0.1, 0.15) is 16.9 Å². The lowest BCUT2D eigenvalue weighted by Crippen LogP contribution is -2.02. The van der Waals surface area contributed by atoms with Crippen molar-refractivity contribution in [1.29, 1.82) is 0 Å². The highest BCUT2D eigenvalue weighted by Gasteiger charge is 2.10. The molecule has 3 aromatic rings. The first-order valence-corrected chi connectivity index (χ1v) is 7.57. The third kappa shape index (κ3) is 2.73. The summed E-state index contributed by atoms with van der Waals surface area (Å²) in [4.78, 5) is 27.4. The Morgan fingerprint density at radius 2 is 2.00 bits per heavy atom. The molecule has 7 heteroatoms. The quantitative estimate of drug-likeness (QED) is 0.445. The van der Waals surface area contributed by atoms with Crippen LogP contribution in [0.5, 0.6) is 0 Å². The number of carbonyl (C=O) groups is 1. The highest BCUT2D eigenvalue weighted by atomic mass is 79.9. The maximum atomic E-state index is 12.1. The molecule has 20 heavy (non-hydrogen) atoms. The van der Waals surface area contributed by atoms with Crippen LogP contribution in [0.4, 0.5) is 0 Å². The fourth-order valence-corrected chi connectivity index (χ4v) is 2.82. The van der Waals surface area contributed by atoms with Crippen LogP contribution in [0, 0.1) is 0 Å². The number of thioether (sulfide) groups is 1. The first kappa shape index (κ1) is 13.3. The van der Waals surface area contributed by atoms with Gasteiger partial charge in [0.05, 0.1) is 12.1 Å². The fourth-order valence-electron chi connectivity index (χ4n) is 1.71. The van der Waals surface area contributed by atoms with Crippen molar-refractivity contribution in [3.05, 3.63) is 47.0 Å². The number of ketones is 1. The zero-order valence-electron chi connectivity index (χ0n) is 10.2. The van der Waals surface area contributed by atoms with Crippen molar-refractivity contribution >= 4 is 44.6 Å². The zero-order valence-corrected chi connectivity index (χ0v) is 12.6. The van der Waals surface area contributed by atoms with Crippen molar-refractivity contribution in [2.45, 2.75) is 5.03 Å². The molecule has 0 saturated carbocycles. The molecule has 0 amide bonds. The molecule has 2 heterocycles. The fraction of sp³-hybridized carbons (Fsp3) is 0.0769. The number of aromatic nitrogens is 4. The molecule has 100 valence electrons. The predicted molar refractivity (Wildman–Crippen MR) is 80.9 cm³/mol. The topological polar surface area (TPSA) is 71.5 Å². The van der Waals surface area contributed by atoms with Crippen LogP contribution in [0.3, 0.4) is 0 Å². The number of benzene rings is 1. The van der Waals surface area contributed by atoms with E-state index in [1.54, 1.807) is 18.5 Å². The minimum atomic E-state index is 0.0637. The first-order valence-electron chi connectivity index (χ1n) is 5.79. The Bertz CT molecular complexity index is 756. The Kier molecular flexibility index (Phi) is 3.79. The molecule has 0 saturated heterocycles. The van der Waals surface area contributed by atoms with Gasteiger partial charge in [0.2, 0.25) is 0 Å². The summed E-state index contributed by atoms with van der Waals surface area (Å²) in [5.74, 6) is 0.390. The van der Waals surface area contributed by atoms with Crippen LogP contribution < -0.4 is 0 Å². The summed E-state index contributed by atoms with van der Waals surface area (Å²) in [6.45, 7) is 0. The Hall–Kier alpha value is -1.73. The van der Waals surface area contributed by atoms with Gasteiger partial charge in [-0.15, -0.1) is 0 Å². The van der Waals surface area contributed by atoms with Gasteiger partial charge in [-0.1, -0.05) is 39.8 Å². The summed E-state index contributed by atoms with van der Waals surface area (Å²) in [6, 6.07) is 7.32. The van der Waals surface area contributed by atoms with Crippen molar-refractivity contribution < 1.29 is 4.79 Å². The standard InChI is InChI=1S/C13H9BrN4OS/c14-9-3-1-8(2-4-9)10(19)5-20-13-11-12(16-6-15-11)17-7-18-13/h1-4,6-7H,5H2,(H,15,16,17,18).